The van der Waals surface area contributed by atoms with Crippen molar-refractivity contribution in [1.82, 2.24) is 30.5 Å². The highest BCUT2D eigenvalue weighted by Crippen LogP contribution is 2.36. The fraction of sp³-hybridized carbons (Fsp3) is 0.229. The minimum atomic E-state index is 0.684. The number of rotatable bonds is 9. The van der Waals surface area contributed by atoms with Gasteiger partial charge < -0.3 is 15.6 Å². The van der Waals surface area contributed by atoms with Crippen LogP contribution in [-0.4, -0.2) is 38.2 Å². The van der Waals surface area contributed by atoms with Crippen LogP contribution in [0.1, 0.15) is 43.6 Å². The molecule has 0 unspecified atom stereocenters. The summed E-state index contributed by atoms with van der Waals surface area (Å²) in [4.78, 5) is 14.8. The fourth-order valence-electron chi connectivity index (χ4n) is 5.54. The van der Waals surface area contributed by atoms with E-state index in [9.17, 15) is 0 Å². The SMILES string of the molecule is C=C(CC1CCNCC1)Nc1cncc(/C(C)=C/C=c2/[nH]nc(-c3cc4c(-c5ccc(C(=C)C)s5)cncc4[nH]3)c2=C)c1. The monoisotopic (exact) mass is 587 g/mol. The molecule has 4 N–H and O–H groups in total. The van der Waals surface area contributed by atoms with E-state index in [2.05, 4.69) is 92.8 Å². The van der Waals surface area contributed by atoms with Crippen LogP contribution in [0.2, 0.25) is 0 Å². The number of aromatic amines is 2. The van der Waals surface area contributed by atoms with Gasteiger partial charge >= 0.3 is 0 Å². The summed E-state index contributed by atoms with van der Waals surface area (Å²) < 4.78 is 0. The number of anilines is 1. The molecule has 0 amide bonds. The Kier molecular flexibility index (Phi) is 8.22. The Hall–Kier alpha value is -4.53. The van der Waals surface area contributed by atoms with E-state index in [1.54, 1.807) is 11.3 Å². The van der Waals surface area contributed by atoms with Crippen LogP contribution in [-0.2, 0) is 0 Å². The van der Waals surface area contributed by atoms with Gasteiger partial charge in [0.25, 0.3) is 0 Å². The van der Waals surface area contributed by atoms with E-state index >= 15 is 0 Å². The van der Waals surface area contributed by atoms with Crippen molar-refractivity contribution in [2.24, 2.45) is 5.92 Å². The third kappa shape index (κ3) is 6.30. The third-order valence-electron chi connectivity index (χ3n) is 8.00. The minimum absolute atomic E-state index is 0.684. The Labute approximate surface area is 255 Å². The predicted molar refractivity (Wildman–Crippen MR) is 182 cm³/mol. The van der Waals surface area contributed by atoms with Crippen LogP contribution in [0.5, 0.6) is 0 Å². The molecule has 6 heterocycles. The summed E-state index contributed by atoms with van der Waals surface area (Å²) in [7, 11) is 0. The number of pyridine rings is 2. The molecule has 5 aromatic heterocycles. The van der Waals surface area contributed by atoms with Gasteiger partial charge in [-0.3, -0.25) is 15.1 Å². The molecule has 0 saturated carbocycles. The number of nitrogens with one attached hydrogen (secondary N) is 4. The maximum absolute atomic E-state index is 4.61. The molecule has 1 fully saturated rings. The second kappa shape index (κ2) is 12.4. The molecule has 1 aliphatic heterocycles. The average molecular weight is 588 g/mol. The molecule has 0 aromatic carbocycles. The summed E-state index contributed by atoms with van der Waals surface area (Å²) in [5.41, 5.74) is 8.91. The molecule has 1 saturated heterocycles. The van der Waals surface area contributed by atoms with E-state index in [0.717, 1.165) is 90.9 Å². The number of piperidine rings is 1. The number of fused-ring (bicyclic) bond motifs is 1. The van der Waals surface area contributed by atoms with Gasteiger partial charge in [-0.2, -0.15) is 5.10 Å². The number of allylic oxidation sites excluding steroid dienone is 4. The zero-order valence-electron chi connectivity index (χ0n) is 24.8. The number of hydrogen-bond acceptors (Lipinski definition) is 6. The second-order valence-corrected chi connectivity index (χ2v) is 12.4. The smallest absolute Gasteiger partial charge is 0.116 e. The number of aromatic nitrogens is 5. The topological polar surface area (TPSA) is 94.3 Å². The quantitative estimate of drug-likeness (QED) is 0.154. The Balaban J connectivity index is 1.21. The highest BCUT2D eigenvalue weighted by atomic mass is 32.1. The van der Waals surface area contributed by atoms with Crippen LogP contribution in [0.15, 0.2) is 74.0 Å². The lowest BCUT2D eigenvalue weighted by Crippen LogP contribution is -2.28. The number of nitrogens with zero attached hydrogens (tertiary/aromatic N) is 3. The van der Waals surface area contributed by atoms with Crippen LogP contribution in [0.4, 0.5) is 5.69 Å². The first-order valence-electron chi connectivity index (χ1n) is 14.6. The van der Waals surface area contributed by atoms with Gasteiger partial charge in [0.15, 0.2) is 0 Å². The van der Waals surface area contributed by atoms with Gasteiger partial charge in [0, 0.05) is 44.0 Å². The Bertz CT molecular complexity index is 1950. The largest absolute Gasteiger partial charge is 0.358 e. The lowest BCUT2D eigenvalue weighted by atomic mass is 9.93. The second-order valence-electron chi connectivity index (χ2n) is 11.3. The van der Waals surface area contributed by atoms with Crippen molar-refractivity contribution in [3.8, 4) is 21.8 Å². The molecular weight excluding hydrogens is 551 g/mol. The molecule has 43 heavy (non-hydrogen) atoms. The predicted octanol–water partition coefficient (Wildman–Crippen LogP) is 6.72. The van der Waals surface area contributed by atoms with Gasteiger partial charge in [-0.25, -0.2) is 0 Å². The van der Waals surface area contributed by atoms with Gasteiger partial charge in [0.1, 0.15) is 5.69 Å². The van der Waals surface area contributed by atoms with Crippen molar-refractivity contribution in [2.75, 3.05) is 18.4 Å². The highest BCUT2D eigenvalue weighted by Gasteiger charge is 2.15. The van der Waals surface area contributed by atoms with E-state index in [1.165, 1.54) is 17.7 Å². The minimum Gasteiger partial charge on any atom is -0.358 e. The Morgan fingerprint density at radius 3 is 2.67 bits per heavy atom. The molecule has 0 radical (unpaired) electrons. The normalized spacial score (nSPS) is 14.8. The van der Waals surface area contributed by atoms with Crippen LogP contribution in [0, 0.1) is 5.92 Å². The number of H-pyrrole nitrogens is 2. The van der Waals surface area contributed by atoms with E-state index < -0.39 is 0 Å². The Morgan fingerprint density at radius 1 is 1.07 bits per heavy atom. The maximum Gasteiger partial charge on any atom is 0.116 e. The highest BCUT2D eigenvalue weighted by molar-refractivity contribution is 7.16. The van der Waals surface area contributed by atoms with Crippen molar-refractivity contribution in [3.63, 3.8) is 0 Å². The standard InChI is InChI=1S/C35H37N7S/c1-21(2)33-8-9-34(43-33)29-19-38-20-32-28(29)16-31(40-32)35-24(5)30(41-42-35)7-6-22(3)26-15-27(18-37-17-26)39-23(4)14-25-10-12-36-13-11-25/h6-9,15-20,25,36,39-41H,1,4-5,10-14H2,2-3H3/b22-6+,30-7+. The average Bonchev–Trinajstić information content (AvgIpc) is 3.75. The van der Waals surface area contributed by atoms with Crippen molar-refractivity contribution < 1.29 is 0 Å². The lowest BCUT2D eigenvalue weighted by Gasteiger charge is -2.23. The molecule has 0 atom stereocenters. The molecule has 7 nitrogen and oxygen atoms in total. The van der Waals surface area contributed by atoms with Gasteiger partial charge in [-0.1, -0.05) is 25.8 Å². The molecular formula is C35H37N7S. The number of thiophene rings is 1. The van der Waals surface area contributed by atoms with Crippen LogP contribution < -0.4 is 21.2 Å². The molecule has 6 rings (SSSR count). The molecule has 0 spiro atoms. The summed E-state index contributed by atoms with van der Waals surface area (Å²) in [5.74, 6) is 0.684. The summed E-state index contributed by atoms with van der Waals surface area (Å²) in [5, 5.41) is 17.4. The van der Waals surface area contributed by atoms with Gasteiger partial charge in [0.2, 0.25) is 0 Å². The summed E-state index contributed by atoms with van der Waals surface area (Å²) in [6.07, 6.45) is 15.0. The molecule has 0 bridgehead atoms. The third-order valence-corrected chi connectivity index (χ3v) is 9.28. The molecule has 0 aliphatic carbocycles. The van der Waals surface area contributed by atoms with Crippen molar-refractivity contribution in [3.05, 3.63) is 95.0 Å². The van der Waals surface area contributed by atoms with E-state index in [1.807, 2.05) is 37.8 Å². The first kappa shape index (κ1) is 28.6. The molecule has 1 aliphatic rings. The van der Waals surface area contributed by atoms with Gasteiger partial charge in [-0.05, 0) is 99.2 Å². The lowest BCUT2D eigenvalue weighted by molar-refractivity contribution is 0.373. The zero-order valence-corrected chi connectivity index (χ0v) is 25.6. The van der Waals surface area contributed by atoms with Crippen molar-refractivity contribution in [1.29, 1.82) is 0 Å². The van der Waals surface area contributed by atoms with Crippen LogP contribution in [0.3, 0.4) is 0 Å². The first-order valence-corrected chi connectivity index (χ1v) is 15.4. The number of hydrogen-bond donors (Lipinski definition) is 4. The van der Waals surface area contributed by atoms with E-state index in [0.29, 0.717) is 5.92 Å². The van der Waals surface area contributed by atoms with E-state index in [4.69, 9.17) is 0 Å². The fourth-order valence-corrected chi connectivity index (χ4v) is 6.50. The molecule has 8 heteroatoms. The van der Waals surface area contributed by atoms with E-state index in [-0.39, 0.29) is 0 Å². The maximum atomic E-state index is 4.61. The summed E-state index contributed by atoms with van der Waals surface area (Å²) in [6, 6.07) is 8.50. The van der Waals surface area contributed by atoms with Crippen LogP contribution >= 0.6 is 11.3 Å². The summed E-state index contributed by atoms with van der Waals surface area (Å²) >= 11 is 1.73. The van der Waals surface area contributed by atoms with Crippen molar-refractivity contribution >= 4 is 51.7 Å². The van der Waals surface area contributed by atoms with Crippen molar-refractivity contribution in [2.45, 2.75) is 33.1 Å². The summed E-state index contributed by atoms with van der Waals surface area (Å²) in [6.45, 7) is 19.0. The molecule has 5 aromatic rings. The zero-order chi connectivity index (χ0) is 29.9. The van der Waals surface area contributed by atoms with Gasteiger partial charge in [0.05, 0.1) is 34.6 Å². The van der Waals surface area contributed by atoms with Crippen LogP contribution in [0.25, 0.3) is 56.5 Å². The molecule has 218 valence electrons. The van der Waals surface area contributed by atoms with Gasteiger partial charge in [-0.15, -0.1) is 11.3 Å². The first-order chi connectivity index (χ1) is 20.9. The Morgan fingerprint density at radius 2 is 1.88 bits per heavy atom.